The van der Waals surface area contributed by atoms with Gasteiger partial charge >= 0.3 is 5.97 Å². The quantitative estimate of drug-likeness (QED) is 0.464. The summed E-state index contributed by atoms with van der Waals surface area (Å²) in [7, 11) is 0. The molecule has 0 radical (unpaired) electrons. The molecule has 2 heteroatoms. The first-order valence-corrected chi connectivity index (χ1v) is 11.0. The molecule has 0 aromatic heterocycles. The summed E-state index contributed by atoms with van der Waals surface area (Å²) in [6, 6.07) is 14.8. The molecule has 0 fully saturated rings. The molecule has 2 nitrogen and oxygen atoms in total. The third kappa shape index (κ3) is 4.85. The summed E-state index contributed by atoms with van der Waals surface area (Å²) < 4.78 is 6.47. The van der Waals surface area contributed by atoms with Crippen molar-refractivity contribution < 1.29 is 9.53 Å². The molecule has 0 spiro atoms. The Balaban J connectivity index is 2.49. The molecular formula is C27H40O2. The average Bonchev–Trinajstić information content (AvgIpc) is 2.63. The summed E-state index contributed by atoms with van der Waals surface area (Å²) in [6.07, 6.45) is 2.29. The van der Waals surface area contributed by atoms with E-state index in [-0.39, 0.29) is 16.8 Å². The minimum Gasteiger partial charge on any atom is -0.454 e. The molecule has 0 aliphatic heterocycles. The zero-order valence-electron chi connectivity index (χ0n) is 20.0. The molecule has 0 saturated carbocycles. The van der Waals surface area contributed by atoms with Crippen LogP contribution in [-0.4, -0.2) is 5.97 Å². The van der Waals surface area contributed by atoms with Crippen LogP contribution in [0.5, 0.6) is 0 Å². The van der Waals surface area contributed by atoms with Gasteiger partial charge < -0.3 is 4.74 Å². The van der Waals surface area contributed by atoms with Crippen molar-refractivity contribution in [2.24, 2.45) is 16.2 Å². The number of fused-ring (bicyclic) bond motifs is 1. The Morgan fingerprint density at radius 3 is 1.86 bits per heavy atom. The van der Waals surface area contributed by atoms with Gasteiger partial charge in [-0.25, -0.2) is 0 Å². The summed E-state index contributed by atoms with van der Waals surface area (Å²) in [5, 5.41) is 2.39. The van der Waals surface area contributed by atoms with Crippen molar-refractivity contribution in [3.63, 3.8) is 0 Å². The van der Waals surface area contributed by atoms with Crippen LogP contribution < -0.4 is 0 Å². The summed E-state index contributed by atoms with van der Waals surface area (Å²) in [5.41, 5.74) is -0.260. The van der Waals surface area contributed by atoms with Gasteiger partial charge in [-0.15, -0.1) is 0 Å². The predicted molar refractivity (Wildman–Crippen MR) is 124 cm³/mol. The van der Waals surface area contributed by atoms with Crippen LogP contribution >= 0.6 is 0 Å². The first kappa shape index (κ1) is 23.4. The maximum atomic E-state index is 13.7. The van der Waals surface area contributed by atoms with E-state index >= 15 is 0 Å². The van der Waals surface area contributed by atoms with E-state index in [1.807, 2.05) is 0 Å². The van der Waals surface area contributed by atoms with Crippen LogP contribution in [-0.2, 0) is 15.1 Å². The molecule has 0 saturated heterocycles. The summed E-state index contributed by atoms with van der Waals surface area (Å²) in [6.45, 7) is 19.3. The SMILES string of the molecule is CCC(CC)(OC(=O)C(C)(CC(C)(C)C)C(C)(C)C)c1ccc2ccccc2c1. The molecule has 0 aliphatic carbocycles. The molecule has 2 aromatic rings. The number of rotatable bonds is 6. The summed E-state index contributed by atoms with van der Waals surface area (Å²) in [4.78, 5) is 13.7. The molecule has 2 rings (SSSR count). The van der Waals surface area contributed by atoms with E-state index in [4.69, 9.17) is 4.74 Å². The minimum atomic E-state index is -0.606. The van der Waals surface area contributed by atoms with Gasteiger partial charge in [0.1, 0.15) is 5.60 Å². The topological polar surface area (TPSA) is 26.3 Å². The van der Waals surface area contributed by atoms with Gasteiger partial charge in [0.2, 0.25) is 0 Å². The highest BCUT2D eigenvalue weighted by atomic mass is 16.6. The van der Waals surface area contributed by atoms with Crippen LogP contribution in [0.1, 0.15) is 87.1 Å². The zero-order valence-corrected chi connectivity index (χ0v) is 20.0. The van der Waals surface area contributed by atoms with E-state index in [1.165, 1.54) is 10.8 Å². The monoisotopic (exact) mass is 396 g/mol. The molecule has 0 heterocycles. The molecule has 1 unspecified atom stereocenters. The first-order valence-electron chi connectivity index (χ1n) is 11.0. The van der Waals surface area contributed by atoms with Crippen molar-refractivity contribution in [3.05, 3.63) is 48.0 Å². The standard InChI is InChI=1S/C27H40O2/c1-10-27(11-2,22-17-16-20-14-12-13-15-21(20)18-22)29-23(28)26(9,25(6,7)8)19-24(3,4)5/h12-18H,10-11,19H2,1-9H3. The van der Waals surface area contributed by atoms with Crippen molar-refractivity contribution in [1.82, 2.24) is 0 Å². The van der Waals surface area contributed by atoms with Gasteiger partial charge in [0.15, 0.2) is 0 Å². The van der Waals surface area contributed by atoms with Gasteiger partial charge in [0, 0.05) is 0 Å². The van der Waals surface area contributed by atoms with E-state index in [9.17, 15) is 4.79 Å². The van der Waals surface area contributed by atoms with Gasteiger partial charge in [0.05, 0.1) is 5.41 Å². The Bertz CT molecular complexity index is 847. The van der Waals surface area contributed by atoms with Gasteiger partial charge in [0.25, 0.3) is 0 Å². The largest absolute Gasteiger partial charge is 0.454 e. The molecule has 0 bridgehead atoms. The predicted octanol–water partition coefficient (Wildman–Crippen LogP) is 7.89. The first-order chi connectivity index (χ1) is 13.3. The fourth-order valence-corrected chi connectivity index (χ4v) is 4.33. The molecule has 0 N–H and O–H groups in total. The van der Waals surface area contributed by atoms with Crippen molar-refractivity contribution in [2.75, 3.05) is 0 Å². The van der Waals surface area contributed by atoms with Gasteiger partial charge in [-0.05, 0) is 59.4 Å². The lowest BCUT2D eigenvalue weighted by Crippen LogP contribution is -2.47. The molecule has 29 heavy (non-hydrogen) atoms. The smallest absolute Gasteiger partial charge is 0.313 e. The number of esters is 1. The third-order valence-corrected chi connectivity index (χ3v) is 6.70. The normalized spacial score (nSPS) is 15.2. The maximum Gasteiger partial charge on any atom is 0.313 e. The van der Waals surface area contributed by atoms with E-state index in [2.05, 4.69) is 105 Å². The van der Waals surface area contributed by atoms with Crippen LogP contribution in [0.25, 0.3) is 10.8 Å². The van der Waals surface area contributed by atoms with E-state index in [0.717, 1.165) is 24.8 Å². The Morgan fingerprint density at radius 2 is 1.38 bits per heavy atom. The fraction of sp³-hybridized carbons (Fsp3) is 0.593. The van der Waals surface area contributed by atoms with E-state index < -0.39 is 11.0 Å². The molecule has 2 aromatic carbocycles. The number of ether oxygens (including phenoxy) is 1. The van der Waals surface area contributed by atoms with Crippen LogP contribution in [0.3, 0.4) is 0 Å². The van der Waals surface area contributed by atoms with E-state index in [1.54, 1.807) is 0 Å². The Hall–Kier alpha value is -1.83. The number of hydrogen-bond donors (Lipinski definition) is 0. The molecular weight excluding hydrogens is 356 g/mol. The minimum absolute atomic E-state index is 0.0328. The van der Waals surface area contributed by atoms with Crippen LogP contribution in [0.15, 0.2) is 42.5 Å². The zero-order chi connectivity index (χ0) is 22.1. The van der Waals surface area contributed by atoms with Crippen LogP contribution in [0.2, 0.25) is 0 Å². The second-order valence-corrected chi connectivity index (χ2v) is 11.0. The molecule has 1 atom stereocenters. The molecule has 0 amide bonds. The van der Waals surface area contributed by atoms with Gasteiger partial charge in [-0.2, -0.15) is 0 Å². The number of hydrogen-bond acceptors (Lipinski definition) is 2. The number of carbonyl (C=O) groups excluding carboxylic acids is 1. The van der Waals surface area contributed by atoms with Crippen molar-refractivity contribution >= 4 is 16.7 Å². The second-order valence-electron chi connectivity index (χ2n) is 11.0. The Labute approximate surface area is 178 Å². The highest BCUT2D eigenvalue weighted by Gasteiger charge is 2.50. The number of carbonyl (C=O) groups is 1. The Morgan fingerprint density at radius 1 is 0.828 bits per heavy atom. The van der Waals surface area contributed by atoms with Crippen LogP contribution in [0.4, 0.5) is 0 Å². The summed E-state index contributed by atoms with van der Waals surface area (Å²) >= 11 is 0. The van der Waals surface area contributed by atoms with Crippen molar-refractivity contribution in [1.29, 1.82) is 0 Å². The Kier molecular flexibility index (Phi) is 6.57. The summed E-state index contributed by atoms with van der Waals surface area (Å²) in [5.74, 6) is -0.0863. The lowest BCUT2D eigenvalue weighted by molar-refractivity contribution is -0.184. The van der Waals surface area contributed by atoms with Crippen LogP contribution in [0, 0.1) is 16.2 Å². The lowest BCUT2D eigenvalue weighted by Gasteiger charge is -2.46. The van der Waals surface area contributed by atoms with Gasteiger partial charge in [-0.3, -0.25) is 4.79 Å². The van der Waals surface area contributed by atoms with Crippen molar-refractivity contribution in [2.45, 2.75) is 87.2 Å². The third-order valence-electron chi connectivity index (χ3n) is 6.70. The average molecular weight is 397 g/mol. The number of benzene rings is 2. The maximum absolute atomic E-state index is 13.7. The second kappa shape index (κ2) is 8.13. The molecule has 160 valence electrons. The van der Waals surface area contributed by atoms with E-state index in [0.29, 0.717) is 0 Å². The molecule has 0 aliphatic rings. The van der Waals surface area contributed by atoms with Crippen molar-refractivity contribution in [3.8, 4) is 0 Å². The lowest BCUT2D eigenvalue weighted by atomic mass is 9.61. The highest BCUT2D eigenvalue weighted by Crippen LogP contribution is 2.49. The fourth-order valence-electron chi connectivity index (χ4n) is 4.33. The van der Waals surface area contributed by atoms with Gasteiger partial charge in [-0.1, -0.05) is 91.8 Å². The highest BCUT2D eigenvalue weighted by molar-refractivity contribution is 5.83.